The summed E-state index contributed by atoms with van der Waals surface area (Å²) in [6, 6.07) is 12.7. The summed E-state index contributed by atoms with van der Waals surface area (Å²) in [5.41, 5.74) is 6.74. The van der Waals surface area contributed by atoms with Crippen LogP contribution in [0.4, 0.5) is 0 Å². The number of benzene rings is 2. The van der Waals surface area contributed by atoms with Crippen LogP contribution < -0.4 is 10.5 Å². The Morgan fingerprint density at radius 3 is 2.37 bits per heavy atom. The highest BCUT2D eigenvalue weighted by Crippen LogP contribution is 2.28. The predicted octanol–water partition coefficient (Wildman–Crippen LogP) is 3.71. The van der Waals surface area contributed by atoms with Crippen molar-refractivity contribution in [2.45, 2.75) is 6.42 Å². The minimum atomic E-state index is 0. The van der Waals surface area contributed by atoms with Crippen molar-refractivity contribution in [2.24, 2.45) is 5.73 Å². The van der Waals surface area contributed by atoms with Gasteiger partial charge < -0.3 is 15.6 Å². The van der Waals surface area contributed by atoms with E-state index in [0.717, 1.165) is 15.7 Å². The summed E-state index contributed by atoms with van der Waals surface area (Å²) < 4.78 is 6.80. The predicted molar refractivity (Wildman–Crippen MR) is 87.3 cm³/mol. The van der Waals surface area contributed by atoms with Crippen LogP contribution in [0.3, 0.4) is 0 Å². The maximum atomic E-state index is 9.20. The Balaban J connectivity index is 0.00000180. The van der Waals surface area contributed by atoms with E-state index >= 15 is 0 Å². The van der Waals surface area contributed by atoms with Crippen LogP contribution in [-0.2, 0) is 6.42 Å². The van der Waals surface area contributed by atoms with Crippen LogP contribution in [0.1, 0.15) is 5.56 Å². The second kappa shape index (κ2) is 7.57. The van der Waals surface area contributed by atoms with Gasteiger partial charge in [-0.3, -0.25) is 0 Å². The van der Waals surface area contributed by atoms with E-state index in [4.69, 9.17) is 10.5 Å². The van der Waals surface area contributed by atoms with E-state index in [0.29, 0.717) is 12.3 Å². The van der Waals surface area contributed by atoms with Crippen molar-refractivity contribution in [2.75, 3.05) is 6.54 Å². The molecule has 0 amide bonds. The van der Waals surface area contributed by atoms with Gasteiger partial charge in [-0.2, -0.15) is 0 Å². The number of hydrogen-bond donors (Lipinski definition) is 2. The Morgan fingerprint density at radius 2 is 1.79 bits per heavy atom. The van der Waals surface area contributed by atoms with Gasteiger partial charge in [-0.1, -0.05) is 6.07 Å². The highest BCUT2D eigenvalue weighted by molar-refractivity contribution is 14.1. The van der Waals surface area contributed by atoms with Crippen LogP contribution in [-0.4, -0.2) is 11.7 Å². The third kappa shape index (κ3) is 4.56. The van der Waals surface area contributed by atoms with E-state index in [-0.39, 0.29) is 18.2 Å². The number of aromatic hydroxyl groups is 1. The standard InChI is InChI=1S/C14H14INO2.ClH/c15-13-9-10(7-8-16)1-6-14(13)18-12-4-2-11(17)3-5-12;/h1-6,9,17H,7-8,16H2;1H/i2+1,3+1,4+1,5+1,11+1,12+1;. The second-order valence-corrected chi connectivity index (χ2v) is 5.06. The van der Waals surface area contributed by atoms with E-state index in [1.165, 1.54) is 5.56 Å². The van der Waals surface area contributed by atoms with Gasteiger partial charge in [-0.25, -0.2) is 0 Å². The molecule has 0 aliphatic carbocycles. The second-order valence-electron chi connectivity index (χ2n) is 3.90. The molecule has 0 unspecified atom stereocenters. The number of nitrogens with two attached hydrogens (primary N) is 1. The number of rotatable bonds is 4. The Kier molecular flexibility index (Phi) is 6.41. The van der Waals surface area contributed by atoms with Crippen LogP contribution in [0.15, 0.2) is 42.5 Å². The molecule has 2 aromatic carbocycles. The fraction of sp³-hybridized carbons (Fsp3) is 0.143. The molecule has 0 aliphatic heterocycles. The van der Waals surface area contributed by atoms with Crippen LogP contribution in [0.5, 0.6) is 17.2 Å². The van der Waals surface area contributed by atoms with Crippen molar-refractivity contribution < 1.29 is 9.84 Å². The molecule has 0 spiro atoms. The fourth-order valence-electron chi connectivity index (χ4n) is 1.59. The molecule has 0 aliphatic rings. The third-order valence-corrected chi connectivity index (χ3v) is 3.34. The van der Waals surface area contributed by atoms with E-state index < -0.39 is 0 Å². The van der Waals surface area contributed by atoms with Crippen molar-refractivity contribution in [3.8, 4) is 17.2 Å². The van der Waals surface area contributed by atoms with E-state index in [1.54, 1.807) is 24.3 Å². The maximum Gasteiger partial charge on any atom is 0.140 e. The minimum Gasteiger partial charge on any atom is -0.508 e. The smallest absolute Gasteiger partial charge is 0.140 e. The van der Waals surface area contributed by atoms with E-state index in [2.05, 4.69) is 28.7 Å². The van der Waals surface area contributed by atoms with Gasteiger partial charge in [0.2, 0.25) is 0 Å². The first kappa shape index (κ1) is 16.1. The molecule has 0 atom stereocenters. The lowest BCUT2D eigenvalue weighted by Crippen LogP contribution is -2.02. The number of ether oxygens (including phenoxy) is 1. The quantitative estimate of drug-likeness (QED) is 0.773. The van der Waals surface area contributed by atoms with Crippen LogP contribution in [0.2, 0.25) is 0 Å². The van der Waals surface area contributed by atoms with Gasteiger partial charge in [-0.15, -0.1) is 12.4 Å². The van der Waals surface area contributed by atoms with Crippen LogP contribution >= 0.6 is 35.0 Å². The largest absolute Gasteiger partial charge is 0.508 e. The summed E-state index contributed by atoms with van der Waals surface area (Å²) in [5.74, 6) is 1.75. The molecule has 0 radical (unpaired) electrons. The zero-order chi connectivity index (χ0) is 13.0. The van der Waals surface area contributed by atoms with E-state index in [1.807, 2.05) is 12.1 Å². The molecule has 5 heteroatoms. The molecule has 2 rings (SSSR count). The van der Waals surface area contributed by atoms with Gasteiger partial charge in [0.05, 0.1) is 3.57 Å². The number of halogens is 2. The molecule has 19 heavy (non-hydrogen) atoms. The first-order valence-corrected chi connectivity index (χ1v) is 6.72. The third-order valence-electron chi connectivity index (χ3n) is 2.49. The normalized spacial score (nSPS) is 9.79. The molecular weight excluding hydrogens is 382 g/mol. The van der Waals surface area contributed by atoms with Crippen molar-refractivity contribution in [3.63, 3.8) is 0 Å². The molecule has 2 aromatic rings. The highest BCUT2D eigenvalue weighted by atomic mass is 127. The average molecular weight is 398 g/mol. The van der Waals surface area contributed by atoms with Crippen molar-refractivity contribution in [1.29, 1.82) is 0 Å². The van der Waals surface area contributed by atoms with E-state index in [9.17, 15) is 5.11 Å². The Morgan fingerprint density at radius 1 is 1.11 bits per heavy atom. The first-order valence-electron chi connectivity index (χ1n) is 5.64. The van der Waals surface area contributed by atoms with Crippen LogP contribution in [0.25, 0.3) is 0 Å². The van der Waals surface area contributed by atoms with Gasteiger partial charge in [-0.05, 0) is 77.5 Å². The molecule has 0 bridgehead atoms. The number of hydrogen-bond acceptors (Lipinski definition) is 3. The Bertz CT molecular complexity index is 531. The van der Waals surface area contributed by atoms with Crippen molar-refractivity contribution in [1.82, 2.24) is 0 Å². The molecular formula is C14H15ClINO2. The monoisotopic (exact) mass is 397 g/mol. The summed E-state index contributed by atoms with van der Waals surface area (Å²) in [4.78, 5) is 0. The summed E-state index contributed by atoms with van der Waals surface area (Å²) in [5, 5.41) is 9.20. The first-order chi connectivity index (χ1) is 8.69. The van der Waals surface area contributed by atoms with Gasteiger partial charge >= 0.3 is 0 Å². The fourth-order valence-corrected chi connectivity index (χ4v) is 2.28. The molecule has 0 heterocycles. The van der Waals surface area contributed by atoms with Crippen molar-refractivity contribution in [3.05, 3.63) is 51.6 Å². The zero-order valence-electron chi connectivity index (χ0n) is 10.2. The molecule has 102 valence electrons. The molecule has 0 aromatic heterocycles. The van der Waals surface area contributed by atoms with Crippen molar-refractivity contribution >= 4 is 35.0 Å². The summed E-state index contributed by atoms with van der Waals surface area (Å²) in [6.07, 6.45) is 0.871. The van der Waals surface area contributed by atoms with Gasteiger partial charge in [0.15, 0.2) is 0 Å². The lowest BCUT2D eigenvalue weighted by Gasteiger charge is -2.09. The van der Waals surface area contributed by atoms with Gasteiger partial charge in [0.1, 0.15) is 17.2 Å². The zero-order valence-corrected chi connectivity index (χ0v) is 13.1. The molecule has 3 nitrogen and oxygen atoms in total. The van der Waals surface area contributed by atoms with Gasteiger partial charge in [0.25, 0.3) is 0 Å². The SMILES string of the molecule is Cl.NCCc1ccc(O[13c]2[13cH][13cH][13c](O)[13cH][13cH]2)c(I)c1. The summed E-state index contributed by atoms with van der Waals surface area (Å²) >= 11 is 2.24. The topological polar surface area (TPSA) is 55.5 Å². The summed E-state index contributed by atoms with van der Waals surface area (Å²) in [6.45, 7) is 0.647. The maximum absolute atomic E-state index is 9.20. The Labute approximate surface area is 132 Å². The molecule has 0 saturated carbocycles. The lowest BCUT2D eigenvalue weighted by atomic mass is 10.1. The highest BCUT2D eigenvalue weighted by Gasteiger charge is 2.04. The lowest BCUT2D eigenvalue weighted by molar-refractivity contribution is 0.463. The molecule has 3 N–H and O–H groups in total. The van der Waals surface area contributed by atoms with Crippen LogP contribution in [0, 0.1) is 3.57 Å². The number of phenols is 1. The average Bonchev–Trinajstić information content (AvgIpc) is 2.36. The van der Waals surface area contributed by atoms with Gasteiger partial charge in [0, 0.05) is 0 Å². The molecule has 0 fully saturated rings. The number of phenolic OH excluding ortho intramolecular Hbond substituents is 1. The molecule has 0 saturated heterocycles. The minimum absolute atomic E-state index is 0. The summed E-state index contributed by atoms with van der Waals surface area (Å²) in [7, 11) is 0. The Hall–Kier alpha value is -0.980.